The van der Waals surface area contributed by atoms with Gasteiger partial charge in [-0.1, -0.05) is 47.0 Å². The van der Waals surface area contributed by atoms with Gasteiger partial charge in [0.2, 0.25) is 5.91 Å². The van der Waals surface area contributed by atoms with Gasteiger partial charge in [-0.15, -0.1) is 11.8 Å². The summed E-state index contributed by atoms with van der Waals surface area (Å²) in [5.41, 5.74) is 4.18. The normalized spacial score (nSPS) is 10.5. The van der Waals surface area contributed by atoms with Gasteiger partial charge in [-0.3, -0.25) is 4.79 Å². The van der Waals surface area contributed by atoms with E-state index in [4.69, 9.17) is 23.2 Å². The Kier molecular flexibility index (Phi) is 6.18. The molecule has 2 nitrogen and oxygen atoms in total. The van der Waals surface area contributed by atoms with Gasteiger partial charge in [0.25, 0.3) is 0 Å². The Hall–Kier alpha value is -1.16. The Bertz CT molecular complexity index is 688. The van der Waals surface area contributed by atoms with Gasteiger partial charge in [0.05, 0.1) is 15.8 Å². The van der Waals surface area contributed by atoms with Crippen LogP contribution in [-0.4, -0.2) is 11.7 Å². The van der Waals surface area contributed by atoms with Crippen molar-refractivity contribution in [2.24, 2.45) is 0 Å². The predicted octanol–water partition coefficient (Wildman–Crippen LogP) is 5.48. The number of hydrogen-bond donors (Lipinski definition) is 1. The molecule has 0 atom stereocenters. The fourth-order valence-corrected chi connectivity index (χ4v) is 3.13. The van der Waals surface area contributed by atoms with Crippen LogP contribution in [0.5, 0.6) is 0 Å². The Labute approximate surface area is 145 Å². The van der Waals surface area contributed by atoms with Crippen molar-refractivity contribution in [3.63, 3.8) is 0 Å². The summed E-state index contributed by atoms with van der Waals surface area (Å²) in [6, 6.07) is 11.5. The minimum Gasteiger partial charge on any atom is -0.325 e. The zero-order valence-corrected chi connectivity index (χ0v) is 14.8. The summed E-state index contributed by atoms with van der Waals surface area (Å²) in [4.78, 5) is 12.0. The third-order valence-corrected chi connectivity index (χ3v) is 4.88. The van der Waals surface area contributed by atoms with E-state index in [1.807, 2.05) is 38.1 Å². The highest BCUT2D eigenvalue weighted by molar-refractivity contribution is 7.99. The van der Waals surface area contributed by atoms with E-state index in [1.54, 1.807) is 17.8 Å². The second-order valence-corrected chi connectivity index (χ2v) is 6.91. The van der Waals surface area contributed by atoms with Crippen LogP contribution in [0.4, 0.5) is 5.69 Å². The van der Waals surface area contributed by atoms with E-state index in [0.29, 0.717) is 15.8 Å². The molecule has 2 rings (SSSR count). The minimum atomic E-state index is -0.00277. The number of nitrogens with one attached hydrogen (secondary N) is 1. The zero-order chi connectivity index (χ0) is 16.1. The highest BCUT2D eigenvalue weighted by atomic mass is 35.5. The Balaban J connectivity index is 1.83. The van der Waals surface area contributed by atoms with Crippen LogP contribution in [0.2, 0.25) is 10.0 Å². The van der Waals surface area contributed by atoms with Crippen molar-refractivity contribution in [2.45, 2.75) is 19.6 Å². The molecular formula is C17H17Cl2NOS. The van der Waals surface area contributed by atoms with Crippen molar-refractivity contribution in [1.82, 2.24) is 0 Å². The standard InChI is InChI=1S/C17H17Cl2NOS/c1-11-3-6-16(12(2)7-11)20-17(21)10-22-9-13-4-5-14(18)15(19)8-13/h3-8H,9-10H2,1-2H3,(H,20,21). The molecule has 0 aliphatic heterocycles. The van der Waals surface area contributed by atoms with E-state index in [1.165, 1.54) is 5.56 Å². The Morgan fingerprint density at radius 1 is 1.09 bits per heavy atom. The maximum Gasteiger partial charge on any atom is 0.234 e. The highest BCUT2D eigenvalue weighted by Crippen LogP contribution is 2.24. The van der Waals surface area contributed by atoms with Crippen LogP contribution in [0.25, 0.3) is 0 Å². The van der Waals surface area contributed by atoms with E-state index in [9.17, 15) is 4.79 Å². The molecule has 0 bridgehead atoms. The van der Waals surface area contributed by atoms with E-state index < -0.39 is 0 Å². The van der Waals surface area contributed by atoms with Crippen LogP contribution >= 0.6 is 35.0 Å². The summed E-state index contributed by atoms with van der Waals surface area (Å²) in [7, 11) is 0. The number of carbonyl (C=O) groups is 1. The predicted molar refractivity (Wildman–Crippen MR) is 97.2 cm³/mol. The number of halogens is 2. The molecule has 0 aliphatic rings. The lowest BCUT2D eigenvalue weighted by Gasteiger charge is -2.09. The van der Waals surface area contributed by atoms with E-state index in [0.717, 1.165) is 22.6 Å². The van der Waals surface area contributed by atoms with Crippen molar-refractivity contribution >= 4 is 46.6 Å². The molecule has 0 saturated carbocycles. The Morgan fingerprint density at radius 3 is 2.55 bits per heavy atom. The van der Waals surface area contributed by atoms with Crippen LogP contribution in [-0.2, 0) is 10.5 Å². The quantitative estimate of drug-likeness (QED) is 0.770. The van der Waals surface area contributed by atoms with E-state index in [-0.39, 0.29) is 5.91 Å². The maximum atomic E-state index is 12.0. The molecule has 2 aromatic rings. The Morgan fingerprint density at radius 2 is 1.86 bits per heavy atom. The molecule has 0 saturated heterocycles. The van der Waals surface area contributed by atoms with Crippen molar-refractivity contribution in [2.75, 3.05) is 11.1 Å². The van der Waals surface area contributed by atoms with Crippen molar-refractivity contribution in [1.29, 1.82) is 0 Å². The molecule has 5 heteroatoms. The van der Waals surface area contributed by atoms with Gasteiger partial charge in [0, 0.05) is 11.4 Å². The monoisotopic (exact) mass is 353 g/mol. The van der Waals surface area contributed by atoms with Gasteiger partial charge in [-0.2, -0.15) is 0 Å². The first-order chi connectivity index (χ1) is 10.5. The highest BCUT2D eigenvalue weighted by Gasteiger charge is 2.06. The van der Waals surface area contributed by atoms with Crippen LogP contribution < -0.4 is 5.32 Å². The van der Waals surface area contributed by atoms with Crippen LogP contribution in [0.15, 0.2) is 36.4 Å². The number of rotatable bonds is 5. The third kappa shape index (κ3) is 4.94. The zero-order valence-electron chi connectivity index (χ0n) is 12.5. The molecule has 0 spiro atoms. The number of aryl methyl sites for hydroxylation is 2. The smallest absolute Gasteiger partial charge is 0.234 e. The summed E-state index contributed by atoms with van der Waals surface area (Å²) >= 11 is 13.4. The van der Waals surface area contributed by atoms with Gasteiger partial charge in [0.1, 0.15) is 0 Å². The van der Waals surface area contributed by atoms with Gasteiger partial charge < -0.3 is 5.32 Å². The number of anilines is 1. The molecule has 22 heavy (non-hydrogen) atoms. The van der Waals surface area contributed by atoms with E-state index >= 15 is 0 Å². The molecule has 116 valence electrons. The molecule has 0 fully saturated rings. The topological polar surface area (TPSA) is 29.1 Å². The number of amides is 1. The van der Waals surface area contributed by atoms with Gasteiger partial charge >= 0.3 is 0 Å². The average molecular weight is 354 g/mol. The maximum absolute atomic E-state index is 12.0. The lowest BCUT2D eigenvalue weighted by molar-refractivity contribution is -0.113. The van der Waals surface area contributed by atoms with Crippen LogP contribution in [0.1, 0.15) is 16.7 Å². The average Bonchev–Trinajstić information content (AvgIpc) is 2.46. The molecule has 0 unspecified atom stereocenters. The first-order valence-corrected chi connectivity index (χ1v) is 8.75. The van der Waals surface area contributed by atoms with Gasteiger partial charge in [-0.05, 0) is 43.2 Å². The molecule has 1 N–H and O–H groups in total. The number of carbonyl (C=O) groups excluding carboxylic acids is 1. The number of thioether (sulfide) groups is 1. The van der Waals surface area contributed by atoms with Crippen LogP contribution in [0, 0.1) is 13.8 Å². The van der Waals surface area contributed by atoms with E-state index in [2.05, 4.69) is 11.4 Å². The minimum absolute atomic E-state index is 0.00277. The molecular weight excluding hydrogens is 337 g/mol. The lowest BCUT2D eigenvalue weighted by Crippen LogP contribution is -2.15. The second-order valence-electron chi connectivity index (χ2n) is 5.11. The van der Waals surface area contributed by atoms with Gasteiger partial charge in [0.15, 0.2) is 0 Å². The van der Waals surface area contributed by atoms with Gasteiger partial charge in [-0.25, -0.2) is 0 Å². The summed E-state index contributed by atoms with van der Waals surface area (Å²) in [5, 5.41) is 4.02. The van der Waals surface area contributed by atoms with Crippen LogP contribution in [0.3, 0.4) is 0 Å². The summed E-state index contributed by atoms with van der Waals surface area (Å²) in [6.45, 7) is 4.02. The molecule has 0 heterocycles. The molecule has 1 amide bonds. The number of benzene rings is 2. The largest absolute Gasteiger partial charge is 0.325 e. The molecule has 0 aromatic heterocycles. The summed E-state index contributed by atoms with van der Waals surface area (Å²) < 4.78 is 0. The van der Waals surface area contributed by atoms with Crippen molar-refractivity contribution < 1.29 is 4.79 Å². The summed E-state index contributed by atoms with van der Waals surface area (Å²) in [6.07, 6.45) is 0. The first-order valence-electron chi connectivity index (χ1n) is 6.84. The summed E-state index contributed by atoms with van der Waals surface area (Å²) in [5.74, 6) is 1.11. The number of hydrogen-bond acceptors (Lipinski definition) is 2. The first kappa shape index (κ1) is 17.2. The second kappa shape index (κ2) is 7.91. The third-order valence-electron chi connectivity index (χ3n) is 3.14. The lowest BCUT2D eigenvalue weighted by atomic mass is 10.1. The molecule has 0 aliphatic carbocycles. The SMILES string of the molecule is Cc1ccc(NC(=O)CSCc2ccc(Cl)c(Cl)c2)c(C)c1. The molecule has 0 radical (unpaired) electrons. The molecule has 2 aromatic carbocycles. The fourth-order valence-electron chi connectivity index (χ4n) is 2.03. The fraction of sp³-hybridized carbons (Fsp3) is 0.235. The van der Waals surface area contributed by atoms with Crippen molar-refractivity contribution in [3.05, 3.63) is 63.1 Å². The van der Waals surface area contributed by atoms with Crippen molar-refractivity contribution in [3.8, 4) is 0 Å².